The van der Waals surface area contributed by atoms with Crippen LogP contribution >= 0.6 is 0 Å². The summed E-state index contributed by atoms with van der Waals surface area (Å²) in [5.74, 6) is 0.772. The zero-order valence-electron chi connectivity index (χ0n) is 15.8. The van der Waals surface area contributed by atoms with Crippen LogP contribution in [-0.2, 0) is 0 Å². The number of fused-ring (bicyclic) bond motifs is 2. The van der Waals surface area contributed by atoms with E-state index in [1.54, 1.807) is 12.3 Å². The first kappa shape index (κ1) is 17.2. The van der Waals surface area contributed by atoms with Crippen molar-refractivity contribution in [1.82, 2.24) is 4.98 Å². The molecule has 0 spiro atoms. The van der Waals surface area contributed by atoms with Crippen LogP contribution in [-0.4, -0.2) is 16.3 Å². The molecule has 0 saturated heterocycles. The molecule has 0 saturated carbocycles. The van der Waals surface area contributed by atoms with E-state index in [1.165, 1.54) is 0 Å². The van der Waals surface area contributed by atoms with Gasteiger partial charge in [0.25, 0.3) is 0 Å². The Morgan fingerprint density at radius 3 is 2.76 bits per heavy atom. The average Bonchev–Trinajstić information content (AvgIpc) is 3.16. The lowest BCUT2D eigenvalue weighted by Crippen LogP contribution is -1.86. The zero-order valence-corrected chi connectivity index (χ0v) is 15.8. The molecule has 4 aromatic carbocycles. The monoisotopic (exact) mass is 378 g/mol. The van der Waals surface area contributed by atoms with Gasteiger partial charge in [0.2, 0.25) is 5.89 Å². The minimum Gasteiger partial charge on any atom is -0.507 e. The third-order valence-corrected chi connectivity index (χ3v) is 4.93. The topological polar surface area (TPSA) is 58.6 Å². The molecule has 0 atom stereocenters. The van der Waals surface area contributed by atoms with Crippen LogP contribution in [0.3, 0.4) is 0 Å². The maximum Gasteiger partial charge on any atom is 0.227 e. The standard InChI is InChI=1S/C25H18N2O2/c1-16-9-11-22-24(13-16)29-25(27-22)18-6-4-7-19(14-18)26-15-21-20-8-3-2-5-17(20)10-12-23(21)28/h2-15,28H,1H3. The molecule has 5 rings (SSSR count). The van der Waals surface area contributed by atoms with Crippen LogP contribution in [0.1, 0.15) is 11.1 Å². The van der Waals surface area contributed by atoms with Crippen molar-refractivity contribution < 1.29 is 9.52 Å². The normalized spacial score (nSPS) is 11.6. The first-order valence-corrected chi connectivity index (χ1v) is 9.40. The van der Waals surface area contributed by atoms with Crippen molar-refractivity contribution >= 4 is 33.8 Å². The van der Waals surface area contributed by atoms with Gasteiger partial charge in [0, 0.05) is 17.3 Å². The minimum absolute atomic E-state index is 0.206. The Kier molecular flexibility index (Phi) is 4.10. The highest BCUT2D eigenvalue weighted by atomic mass is 16.3. The number of phenolic OH excluding ortho intramolecular Hbond substituents is 1. The van der Waals surface area contributed by atoms with E-state index < -0.39 is 0 Å². The molecule has 4 heteroatoms. The number of oxazole rings is 1. The predicted octanol–water partition coefficient (Wildman–Crippen LogP) is 6.41. The van der Waals surface area contributed by atoms with Gasteiger partial charge in [0.1, 0.15) is 11.3 Å². The average molecular weight is 378 g/mol. The molecule has 1 heterocycles. The Bertz CT molecular complexity index is 1380. The van der Waals surface area contributed by atoms with Gasteiger partial charge in [-0.1, -0.05) is 42.5 Å². The van der Waals surface area contributed by atoms with Gasteiger partial charge in [-0.15, -0.1) is 0 Å². The smallest absolute Gasteiger partial charge is 0.227 e. The van der Waals surface area contributed by atoms with E-state index in [2.05, 4.69) is 9.98 Å². The second-order valence-electron chi connectivity index (χ2n) is 7.02. The summed E-state index contributed by atoms with van der Waals surface area (Å²) in [7, 11) is 0. The SMILES string of the molecule is Cc1ccc2nc(-c3cccc(N=Cc4c(O)ccc5ccccc45)c3)oc2c1. The molecule has 0 amide bonds. The number of aromatic hydroxyl groups is 1. The summed E-state index contributed by atoms with van der Waals surface area (Å²) in [6, 6.07) is 25.2. The fraction of sp³-hybridized carbons (Fsp3) is 0.0400. The number of aromatic nitrogens is 1. The number of hydrogen-bond acceptors (Lipinski definition) is 4. The second-order valence-corrected chi connectivity index (χ2v) is 7.02. The highest BCUT2D eigenvalue weighted by Gasteiger charge is 2.09. The minimum atomic E-state index is 0.206. The number of nitrogens with zero attached hydrogens (tertiary/aromatic N) is 2. The Morgan fingerprint density at radius 1 is 0.931 bits per heavy atom. The van der Waals surface area contributed by atoms with Crippen LogP contribution < -0.4 is 0 Å². The third-order valence-electron chi connectivity index (χ3n) is 4.93. The van der Waals surface area contributed by atoms with Crippen molar-refractivity contribution in [1.29, 1.82) is 0 Å². The Morgan fingerprint density at radius 2 is 1.83 bits per heavy atom. The van der Waals surface area contributed by atoms with Gasteiger partial charge in [-0.3, -0.25) is 4.99 Å². The van der Waals surface area contributed by atoms with Gasteiger partial charge >= 0.3 is 0 Å². The van der Waals surface area contributed by atoms with E-state index >= 15 is 0 Å². The van der Waals surface area contributed by atoms with Crippen LogP contribution in [0.15, 0.2) is 88.3 Å². The fourth-order valence-corrected chi connectivity index (χ4v) is 3.43. The molecule has 140 valence electrons. The van der Waals surface area contributed by atoms with Gasteiger partial charge in [0.15, 0.2) is 5.58 Å². The van der Waals surface area contributed by atoms with Gasteiger partial charge in [0.05, 0.1) is 5.69 Å². The number of benzene rings is 4. The Labute approximate surface area is 167 Å². The quantitative estimate of drug-likeness (QED) is 0.369. The van der Waals surface area contributed by atoms with Gasteiger partial charge < -0.3 is 9.52 Å². The number of hydrogen-bond donors (Lipinski definition) is 1. The van der Waals surface area contributed by atoms with E-state index in [1.807, 2.05) is 79.7 Å². The Balaban J connectivity index is 1.53. The number of aliphatic imine (C=N–C) groups is 1. The second kappa shape index (κ2) is 6.91. The van der Waals surface area contributed by atoms with Crippen molar-refractivity contribution in [2.75, 3.05) is 0 Å². The van der Waals surface area contributed by atoms with Crippen molar-refractivity contribution in [2.24, 2.45) is 4.99 Å². The number of phenols is 1. The van der Waals surface area contributed by atoms with Crippen LogP contribution in [0.25, 0.3) is 33.3 Å². The summed E-state index contributed by atoms with van der Waals surface area (Å²) in [6.45, 7) is 2.03. The molecule has 0 bridgehead atoms. The molecule has 0 aliphatic carbocycles. The molecule has 0 aliphatic heterocycles. The van der Waals surface area contributed by atoms with E-state index in [-0.39, 0.29) is 5.75 Å². The van der Waals surface area contributed by atoms with Gasteiger partial charge in [-0.05, 0) is 59.7 Å². The number of rotatable bonds is 3. The molecular weight excluding hydrogens is 360 g/mol. The van der Waals surface area contributed by atoms with Crippen molar-refractivity contribution in [3.05, 3.63) is 90.0 Å². The van der Waals surface area contributed by atoms with Crippen LogP contribution in [0, 0.1) is 6.92 Å². The summed E-state index contributed by atoms with van der Waals surface area (Å²) in [6.07, 6.45) is 1.70. The van der Waals surface area contributed by atoms with Crippen molar-refractivity contribution in [3.8, 4) is 17.2 Å². The van der Waals surface area contributed by atoms with Crippen LogP contribution in [0.4, 0.5) is 5.69 Å². The van der Waals surface area contributed by atoms with E-state index in [0.29, 0.717) is 11.5 Å². The van der Waals surface area contributed by atoms with Crippen LogP contribution in [0.5, 0.6) is 5.75 Å². The third kappa shape index (κ3) is 3.25. The highest BCUT2D eigenvalue weighted by Crippen LogP contribution is 2.29. The lowest BCUT2D eigenvalue weighted by atomic mass is 10.0. The molecule has 1 aromatic heterocycles. The summed E-state index contributed by atoms with van der Waals surface area (Å²) in [5, 5.41) is 12.3. The molecule has 0 radical (unpaired) electrons. The van der Waals surface area contributed by atoms with Gasteiger partial charge in [-0.25, -0.2) is 4.98 Å². The summed E-state index contributed by atoms with van der Waals surface area (Å²) in [5.41, 5.74) is 5.05. The molecule has 4 nitrogen and oxygen atoms in total. The van der Waals surface area contributed by atoms with E-state index in [0.717, 1.165) is 38.7 Å². The number of aryl methyl sites for hydroxylation is 1. The van der Waals surface area contributed by atoms with Crippen LogP contribution in [0.2, 0.25) is 0 Å². The first-order chi connectivity index (χ1) is 14.2. The van der Waals surface area contributed by atoms with Gasteiger partial charge in [-0.2, -0.15) is 0 Å². The lowest BCUT2D eigenvalue weighted by Gasteiger charge is -2.04. The summed E-state index contributed by atoms with van der Waals surface area (Å²) >= 11 is 0. The van der Waals surface area contributed by atoms with Crippen molar-refractivity contribution in [2.45, 2.75) is 6.92 Å². The van der Waals surface area contributed by atoms with Crippen molar-refractivity contribution in [3.63, 3.8) is 0 Å². The molecule has 0 unspecified atom stereocenters. The lowest BCUT2D eigenvalue weighted by molar-refractivity contribution is 0.475. The predicted molar refractivity (Wildman–Crippen MR) is 117 cm³/mol. The molecule has 29 heavy (non-hydrogen) atoms. The molecule has 1 N–H and O–H groups in total. The maximum absolute atomic E-state index is 10.3. The maximum atomic E-state index is 10.3. The summed E-state index contributed by atoms with van der Waals surface area (Å²) < 4.78 is 5.93. The van der Waals surface area contributed by atoms with E-state index in [4.69, 9.17) is 4.42 Å². The molecule has 0 aliphatic rings. The fourth-order valence-electron chi connectivity index (χ4n) is 3.43. The zero-order chi connectivity index (χ0) is 19.8. The van der Waals surface area contributed by atoms with E-state index in [9.17, 15) is 5.11 Å². The first-order valence-electron chi connectivity index (χ1n) is 9.40. The highest BCUT2D eigenvalue weighted by molar-refractivity contribution is 6.03. The Hall–Kier alpha value is -3.92. The molecular formula is C25H18N2O2. The molecule has 0 fully saturated rings. The summed E-state index contributed by atoms with van der Waals surface area (Å²) in [4.78, 5) is 9.17. The molecule has 5 aromatic rings. The largest absolute Gasteiger partial charge is 0.507 e.